The van der Waals surface area contributed by atoms with Crippen LogP contribution in [0.15, 0.2) is 30.5 Å². The van der Waals surface area contributed by atoms with Gasteiger partial charge in [-0.1, -0.05) is 12.1 Å². The highest BCUT2D eigenvalue weighted by Gasteiger charge is 2.10. The first-order chi connectivity index (χ1) is 8.67. The lowest BCUT2D eigenvalue weighted by Gasteiger charge is -2.08. The van der Waals surface area contributed by atoms with Crippen LogP contribution >= 0.6 is 0 Å². The molecule has 0 spiro atoms. The Labute approximate surface area is 103 Å². The molecular weight excluding hydrogens is 232 g/mol. The SMILES string of the molecule is COc1ccccc1-c1cn(O)c(=N)c(C#N)n1. The number of para-hydroxylation sites is 1. The molecular formula is C12H10N4O2. The van der Waals surface area contributed by atoms with Gasteiger partial charge in [-0.3, -0.25) is 5.41 Å². The van der Waals surface area contributed by atoms with Gasteiger partial charge in [0.2, 0.25) is 0 Å². The summed E-state index contributed by atoms with van der Waals surface area (Å²) in [5.74, 6) is 0.576. The maximum absolute atomic E-state index is 9.53. The monoisotopic (exact) mass is 242 g/mol. The molecule has 1 aromatic heterocycles. The van der Waals surface area contributed by atoms with Crippen molar-refractivity contribution in [3.05, 3.63) is 41.6 Å². The molecule has 0 fully saturated rings. The highest BCUT2D eigenvalue weighted by atomic mass is 16.5. The minimum atomic E-state index is -0.351. The van der Waals surface area contributed by atoms with Crippen molar-refractivity contribution < 1.29 is 9.94 Å². The quantitative estimate of drug-likeness (QED) is 0.772. The Kier molecular flexibility index (Phi) is 2.98. The molecule has 2 aromatic rings. The molecule has 0 aliphatic carbocycles. The largest absolute Gasteiger partial charge is 0.496 e. The third-order valence-electron chi connectivity index (χ3n) is 2.42. The molecule has 0 radical (unpaired) electrons. The van der Waals surface area contributed by atoms with Crippen LogP contribution < -0.4 is 10.2 Å². The van der Waals surface area contributed by atoms with Crippen LogP contribution in [0.2, 0.25) is 0 Å². The maximum atomic E-state index is 9.53. The average Bonchev–Trinajstić information content (AvgIpc) is 2.41. The standard InChI is InChI=1S/C12H10N4O2/c1-18-11-5-3-2-4-8(11)10-7-16(17)12(14)9(6-13)15-10/h2-5,7,14,17H,1H3. The van der Waals surface area contributed by atoms with Gasteiger partial charge in [0.15, 0.2) is 11.2 Å². The lowest BCUT2D eigenvalue weighted by molar-refractivity contribution is 0.169. The Morgan fingerprint density at radius 3 is 2.83 bits per heavy atom. The third kappa shape index (κ3) is 1.89. The zero-order chi connectivity index (χ0) is 13.1. The molecule has 1 aromatic carbocycles. The summed E-state index contributed by atoms with van der Waals surface area (Å²) in [6.07, 6.45) is 1.26. The highest BCUT2D eigenvalue weighted by molar-refractivity contribution is 5.66. The van der Waals surface area contributed by atoms with Crippen LogP contribution in [0.3, 0.4) is 0 Å². The van der Waals surface area contributed by atoms with Crippen molar-refractivity contribution in [2.24, 2.45) is 0 Å². The highest BCUT2D eigenvalue weighted by Crippen LogP contribution is 2.27. The van der Waals surface area contributed by atoms with Crippen LogP contribution in [-0.2, 0) is 0 Å². The van der Waals surface area contributed by atoms with E-state index < -0.39 is 0 Å². The Morgan fingerprint density at radius 1 is 1.44 bits per heavy atom. The second kappa shape index (κ2) is 4.59. The van der Waals surface area contributed by atoms with Gasteiger partial charge < -0.3 is 9.94 Å². The van der Waals surface area contributed by atoms with E-state index in [2.05, 4.69) is 4.98 Å². The molecule has 0 aliphatic rings. The average molecular weight is 242 g/mol. The van der Waals surface area contributed by atoms with Crippen LogP contribution in [0.4, 0.5) is 0 Å². The van der Waals surface area contributed by atoms with Gasteiger partial charge in [0, 0.05) is 5.56 Å². The molecule has 0 unspecified atom stereocenters. The molecule has 0 amide bonds. The van der Waals surface area contributed by atoms with Gasteiger partial charge in [-0.2, -0.15) is 9.99 Å². The summed E-state index contributed by atoms with van der Waals surface area (Å²) in [5.41, 5.74) is 0.499. The van der Waals surface area contributed by atoms with E-state index in [4.69, 9.17) is 15.4 Å². The Hall–Kier alpha value is -2.81. The fourth-order valence-corrected chi connectivity index (χ4v) is 1.56. The molecule has 0 bridgehead atoms. The first-order valence-corrected chi connectivity index (χ1v) is 5.08. The van der Waals surface area contributed by atoms with Crippen molar-refractivity contribution >= 4 is 0 Å². The third-order valence-corrected chi connectivity index (χ3v) is 2.42. The molecule has 0 saturated heterocycles. The number of nitrogens with one attached hydrogen (secondary N) is 1. The number of hydrogen-bond donors (Lipinski definition) is 2. The van der Waals surface area contributed by atoms with Gasteiger partial charge >= 0.3 is 0 Å². The fourth-order valence-electron chi connectivity index (χ4n) is 1.56. The number of ether oxygens (including phenoxy) is 1. The van der Waals surface area contributed by atoms with E-state index in [-0.39, 0.29) is 11.2 Å². The van der Waals surface area contributed by atoms with E-state index in [9.17, 15) is 5.21 Å². The number of aromatic nitrogens is 2. The van der Waals surface area contributed by atoms with Crippen LogP contribution in [0.5, 0.6) is 5.75 Å². The zero-order valence-electron chi connectivity index (χ0n) is 9.58. The van der Waals surface area contributed by atoms with Crippen molar-refractivity contribution in [2.75, 3.05) is 7.11 Å². The zero-order valence-corrected chi connectivity index (χ0v) is 9.58. The molecule has 2 rings (SSSR count). The molecule has 0 saturated carbocycles. The van der Waals surface area contributed by atoms with Crippen LogP contribution in [-0.4, -0.2) is 22.0 Å². The second-order valence-electron chi connectivity index (χ2n) is 3.48. The Balaban J connectivity index is 2.69. The van der Waals surface area contributed by atoms with E-state index in [0.717, 1.165) is 0 Å². The molecule has 18 heavy (non-hydrogen) atoms. The van der Waals surface area contributed by atoms with Gasteiger partial charge in [-0.15, -0.1) is 0 Å². The van der Waals surface area contributed by atoms with Crippen molar-refractivity contribution in [1.29, 1.82) is 10.7 Å². The molecule has 6 heteroatoms. The van der Waals surface area contributed by atoms with Gasteiger partial charge in [0.25, 0.3) is 0 Å². The van der Waals surface area contributed by atoms with Crippen LogP contribution in [0.1, 0.15) is 5.69 Å². The van der Waals surface area contributed by atoms with E-state index in [0.29, 0.717) is 21.7 Å². The molecule has 0 aliphatic heterocycles. The predicted octanol–water partition coefficient (Wildman–Crippen LogP) is 1.15. The fraction of sp³-hybridized carbons (Fsp3) is 0.0833. The van der Waals surface area contributed by atoms with Crippen LogP contribution in [0, 0.1) is 16.7 Å². The minimum Gasteiger partial charge on any atom is -0.496 e. The summed E-state index contributed by atoms with van der Waals surface area (Å²) < 4.78 is 5.75. The summed E-state index contributed by atoms with van der Waals surface area (Å²) in [4.78, 5) is 4.02. The summed E-state index contributed by atoms with van der Waals surface area (Å²) in [7, 11) is 1.52. The van der Waals surface area contributed by atoms with Gasteiger partial charge in [0.05, 0.1) is 19.0 Å². The predicted molar refractivity (Wildman–Crippen MR) is 62.0 cm³/mol. The summed E-state index contributed by atoms with van der Waals surface area (Å²) in [5, 5.41) is 25.8. The number of hydrogen-bond acceptors (Lipinski definition) is 5. The number of methoxy groups -OCH3 is 1. The second-order valence-corrected chi connectivity index (χ2v) is 3.48. The first-order valence-electron chi connectivity index (χ1n) is 5.08. The summed E-state index contributed by atoms with van der Waals surface area (Å²) in [6, 6.07) is 8.87. The smallest absolute Gasteiger partial charge is 0.197 e. The maximum Gasteiger partial charge on any atom is 0.197 e. The molecule has 0 atom stereocenters. The number of nitriles is 1. The van der Waals surface area contributed by atoms with E-state index >= 15 is 0 Å². The number of benzene rings is 1. The van der Waals surface area contributed by atoms with E-state index in [1.54, 1.807) is 30.3 Å². The topological polar surface area (TPSA) is 94.9 Å². The Bertz CT molecular complexity index is 685. The van der Waals surface area contributed by atoms with E-state index in [1.165, 1.54) is 13.3 Å². The lowest BCUT2D eigenvalue weighted by atomic mass is 10.1. The number of rotatable bonds is 2. The van der Waals surface area contributed by atoms with Crippen molar-refractivity contribution in [3.8, 4) is 23.1 Å². The minimum absolute atomic E-state index is 0.152. The summed E-state index contributed by atoms with van der Waals surface area (Å²) >= 11 is 0. The Morgan fingerprint density at radius 2 is 2.17 bits per heavy atom. The lowest BCUT2D eigenvalue weighted by Crippen LogP contribution is -2.22. The molecule has 90 valence electrons. The van der Waals surface area contributed by atoms with E-state index in [1.807, 2.05) is 0 Å². The van der Waals surface area contributed by atoms with Crippen molar-refractivity contribution in [1.82, 2.24) is 9.71 Å². The van der Waals surface area contributed by atoms with Gasteiger partial charge in [-0.05, 0) is 12.1 Å². The number of nitrogens with zero attached hydrogens (tertiary/aromatic N) is 3. The molecule has 2 N–H and O–H groups in total. The van der Waals surface area contributed by atoms with Crippen molar-refractivity contribution in [2.45, 2.75) is 0 Å². The normalized spacial score (nSPS) is 9.78. The summed E-state index contributed by atoms with van der Waals surface area (Å²) in [6.45, 7) is 0. The van der Waals surface area contributed by atoms with Gasteiger partial charge in [0.1, 0.15) is 11.8 Å². The van der Waals surface area contributed by atoms with Crippen molar-refractivity contribution in [3.63, 3.8) is 0 Å². The van der Waals surface area contributed by atoms with Crippen LogP contribution in [0.25, 0.3) is 11.3 Å². The molecule has 1 heterocycles. The molecule has 6 nitrogen and oxygen atoms in total. The first kappa shape index (κ1) is 11.7. The van der Waals surface area contributed by atoms with Gasteiger partial charge in [-0.25, -0.2) is 4.98 Å².